The van der Waals surface area contributed by atoms with Gasteiger partial charge in [-0.15, -0.1) is 0 Å². The molecule has 0 saturated heterocycles. The normalized spacial score (nSPS) is 11.5. The van der Waals surface area contributed by atoms with E-state index in [2.05, 4.69) is 14.8 Å². The maximum absolute atomic E-state index is 12.4. The summed E-state index contributed by atoms with van der Waals surface area (Å²) in [4.78, 5) is 4.53. The number of pyridine rings is 1. The Morgan fingerprint density at radius 1 is 1.11 bits per heavy atom. The standard InChI is InChI=1S/C19H22N4O3S/c1-14-18(15(2)23(22-14)19-6-4-5-12-20-19)11-13-21-27(24,25)17-9-7-16(26-3)8-10-17/h4-10,12,21H,11,13H2,1-3H3. The monoisotopic (exact) mass is 386 g/mol. The number of rotatable bonds is 7. The van der Waals surface area contributed by atoms with E-state index in [1.165, 1.54) is 19.2 Å². The quantitative estimate of drug-likeness (QED) is 0.674. The number of ether oxygens (including phenoxy) is 1. The van der Waals surface area contributed by atoms with Crippen LogP contribution in [0, 0.1) is 13.8 Å². The highest BCUT2D eigenvalue weighted by molar-refractivity contribution is 7.89. The molecule has 0 aliphatic heterocycles. The van der Waals surface area contributed by atoms with Crippen molar-refractivity contribution in [1.82, 2.24) is 19.5 Å². The number of sulfonamides is 1. The van der Waals surface area contributed by atoms with Crippen molar-refractivity contribution in [3.8, 4) is 11.6 Å². The van der Waals surface area contributed by atoms with Crippen LogP contribution < -0.4 is 9.46 Å². The van der Waals surface area contributed by atoms with E-state index in [9.17, 15) is 8.42 Å². The molecule has 8 heteroatoms. The van der Waals surface area contributed by atoms with Crippen molar-refractivity contribution < 1.29 is 13.2 Å². The van der Waals surface area contributed by atoms with Gasteiger partial charge in [-0.1, -0.05) is 6.07 Å². The van der Waals surface area contributed by atoms with E-state index >= 15 is 0 Å². The molecule has 7 nitrogen and oxygen atoms in total. The Bertz CT molecular complexity index is 1010. The fourth-order valence-corrected chi connectivity index (χ4v) is 3.92. The van der Waals surface area contributed by atoms with Crippen LogP contribution in [0.15, 0.2) is 53.6 Å². The maximum atomic E-state index is 12.4. The molecule has 27 heavy (non-hydrogen) atoms. The third-order valence-corrected chi connectivity index (χ3v) is 5.82. The molecule has 2 aromatic heterocycles. The first kappa shape index (κ1) is 19.1. The van der Waals surface area contributed by atoms with Gasteiger partial charge >= 0.3 is 0 Å². The molecule has 0 bridgehead atoms. The Kier molecular flexibility index (Phi) is 5.57. The van der Waals surface area contributed by atoms with Gasteiger partial charge < -0.3 is 4.74 Å². The van der Waals surface area contributed by atoms with E-state index in [-0.39, 0.29) is 11.4 Å². The van der Waals surface area contributed by atoms with Gasteiger partial charge in [-0.05, 0) is 62.2 Å². The largest absolute Gasteiger partial charge is 0.497 e. The third-order valence-electron chi connectivity index (χ3n) is 4.34. The number of benzene rings is 1. The summed E-state index contributed by atoms with van der Waals surface area (Å²) >= 11 is 0. The van der Waals surface area contributed by atoms with Crippen LogP contribution in [0.2, 0.25) is 0 Å². The van der Waals surface area contributed by atoms with Crippen LogP contribution >= 0.6 is 0 Å². The number of hydrogen-bond acceptors (Lipinski definition) is 5. The van der Waals surface area contributed by atoms with Gasteiger partial charge in [0, 0.05) is 18.4 Å². The molecule has 0 spiro atoms. The van der Waals surface area contributed by atoms with E-state index in [4.69, 9.17) is 4.74 Å². The summed E-state index contributed by atoms with van der Waals surface area (Å²) in [5.41, 5.74) is 2.83. The summed E-state index contributed by atoms with van der Waals surface area (Å²) in [6, 6.07) is 11.9. The number of methoxy groups -OCH3 is 1. The molecule has 0 radical (unpaired) electrons. The molecule has 3 rings (SSSR count). The average molecular weight is 386 g/mol. The molecular formula is C19H22N4O3S. The van der Waals surface area contributed by atoms with E-state index < -0.39 is 10.0 Å². The minimum absolute atomic E-state index is 0.209. The van der Waals surface area contributed by atoms with Crippen LogP contribution in [0.25, 0.3) is 5.82 Å². The fraction of sp³-hybridized carbons (Fsp3) is 0.263. The zero-order chi connectivity index (χ0) is 19.4. The predicted octanol–water partition coefficient (Wildman–Crippen LogP) is 2.41. The summed E-state index contributed by atoms with van der Waals surface area (Å²) in [6.07, 6.45) is 2.26. The van der Waals surface area contributed by atoms with Crippen LogP contribution in [-0.2, 0) is 16.4 Å². The van der Waals surface area contributed by atoms with Crippen LogP contribution in [0.4, 0.5) is 0 Å². The maximum Gasteiger partial charge on any atom is 0.240 e. The van der Waals surface area contributed by atoms with Crippen LogP contribution in [0.5, 0.6) is 5.75 Å². The van der Waals surface area contributed by atoms with Gasteiger partial charge in [0.05, 0.1) is 17.7 Å². The highest BCUT2D eigenvalue weighted by atomic mass is 32.2. The molecule has 0 unspecified atom stereocenters. The second-order valence-electron chi connectivity index (χ2n) is 6.07. The zero-order valence-electron chi connectivity index (χ0n) is 15.5. The minimum atomic E-state index is -3.57. The second kappa shape index (κ2) is 7.89. The predicted molar refractivity (Wildman–Crippen MR) is 103 cm³/mol. The lowest BCUT2D eigenvalue weighted by Crippen LogP contribution is -2.26. The van der Waals surface area contributed by atoms with Crippen molar-refractivity contribution in [2.24, 2.45) is 0 Å². The van der Waals surface area contributed by atoms with Crippen LogP contribution in [0.3, 0.4) is 0 Å². The summed E-state index contributed by atoms with van der Waals surface area (Å²) in [7, 11) is -2.03. The smallest absolute Gasteiger partial charge is 0.240 e. The number of aryl methyl sites for hydroxylation is 1. The number of nitrogens with one attached hydrogen (secondary N) is 1. The van der Waals surface area contributed by atoms with Gasteiger partial charge in [-0.3, -0.25) is 0 Å². The topological polar surface area (TPSA) is 86.1 Å². The second-order valence-corrected chi connectivity index (χ2v) is 7.84. The molecule has 142 valence electrons. The Labute approximate surface area is 159 Å². The summed E-state index contributed by atoms with van der Waals surface area (Å²) in [6.45, 7) is 4.16. The average Bonchev–Trinajstić information content (AvgIpc) is 2.97. The van der Waals surface area contributed by atoms with Crippen molar-refractivity contribution in [1.29, 1.82) is 0 Å². The lowest BCUT2D eigenvalue weighted by Gasteiger charge is -2.08. The first-order valence-corrected chi connectivity index (χ1v) is 10.0. The van der Waals surface area contributed by atoms with Crippen molar-refractivity contribution in [3.05, 3.63) is 65.6 Å². The first-order valence-electron chi connectivity index (χ1n) is 8.52. The molecule has 2 heterocycles. The highest BCUT2D eigenvalue weighted by Crippen LogP contribution is 2.18. The molecule has 0 amide bonds. The molecule has 0 saturated carbocycles. The zero-order valence-corrected chi connectivity index (χ0v) is 16.3. The van der Waals surface area contributed by atoms with Crippen LogP contribution in [-0.4, -0.2) is 36.8 Å². The number of hydrogen-bond donors (Lipinski definition) is 1. The van der Waals surface area contributed by atoms with Gasteiger partial charge in [-0.25, -0.2) is 22.8 Å². The Morgan fingerprint density at radius 3 is 2.48 bits per heavy atom. The Hall–Kier alpha value is -2.71. The summed E-state index contributed by atoms with van der Waals surface area (Å²) in [5.74, 6) is 1.35. The van der Waals surface area contributed by atoms with Gasteiger partial charge in [-0.2, -0.15) is 5.10 Å². The third kappa shape index (κ3) is 4.17. The van der Waals surface area contributed by atoms with Crippen molar-refractivity contribution in [2.45, 2.75) is 25.2 Å². The molecular weight excluding hydrogens is 364 g/mol. The lowest BCUT2D eigenvalue weighted by molar-refractivity contribution is 0.414. The first-order chi connectivity index (χ1) is 12.9. The van der Waals surface area contributed by atoms with Gasteiger partial charge in [0.1, 0.15) is 5.75 Å². The molecule has 0 aliphatic carbocycles. The SMILES string of the molecule is COc1ccc(S(=O)(=O)NCCc2c(C)nn(-c3ccccn3)c2C)cc1. The van der Waals surface area contributed by atoms with Crippen molar-refractivity contribution in [2.75, 3.05) is 13.7 Å². The fourth-order valence-electron chi connectivity index (χ4n) is 2.89. The van der Waals surface area contributed by atoms with Gasteiger partial charge in [0.2, 0.25) is 10.0 Å². The summed E-state index contributed by atoms with van der Waals surface area (Å²) in [5, 5.41) is 4.54. The van der Waals surface area contributed by atoms with Crippen molar-refractivity contribution >= 4 is 10.0 Å². The van der Waals surface area contributed by atoms with Crippen LogP contribution in [0.1, 0.15) is 17.0 Å². The van der Waals surface area contributed by atoms with E-state index in [1.54, 1.807) is 23.0 Å². The van der Waals surface area contributed by atoms with Crippen molar-refractivity contribution in [3.63, 3.8) is 0 Å². The Morgan fingerprint density at radius 2 is 1.85 bits per heavy atom. The Balaban J connectivity index is 1.71. The van der Waals surface area contributed by atoms with Gasteiger partial charge in [0.25, 0.3) is 0 Å². The number of nitrogens with zero attached hydrogens (tertiary/aromatic N) is 3. The highest BCUT2D eigenvalue weighted by Gasteiger charge is 2.16. The van der Waals surface area contributed by atoms with E-state index in [0.717, 1.165) is 22.8 Å². The molecule has 1 aromatic carbocycles. The molecule has 0 atom stereocenters. The molecule has 3 aromatic rings. The number of aromatic nitrogens is 3. The molecule has 0 fully saturated rings. The van der Waals surface area contributed by atoms with E-state index in [0.29, 0.717) is 12.2 Å². The van der Waals surface area contributed by atoms with Gasteiger partial charge in [0.15, 0.2) is 5.82 Å². The molecule has 0 aliphatic rings. The molecule has 1 N–H and O–H groups in total. The minimum Gasteiger partial charge on any atom is -0.497 e. The van der Waals surface area contributed by atoms with E-state index in [1.807, 2.05) is 32.0 Å². The lowest BCUT2D eigenvalue weighted by atomic mass is 10.1. The summed E-state index contributed by atoms with van der Waals surface area (Å²) < 4.78 is 34.4.